The smallest absolute Gasteiger partial charge is 0.299 e. The normalized spacial score (nSPS) is 39.0. The van der Waals surface area contributed by atoms with Crippen LogP contribution < -0.4 is 11.4 Å². The summed E-state index contributed by atoms with van der Waals surface area (Å²) in [4.78, 5) is 39.7. The summed E-state index contributed by atoms with van der Waals surface area (Å²) in [6.07, 6.45) is 6.76. The highest BCUT2D eigenvalue weighted by Gasteiger charge is 2.89. The molecule has 6 heteroatoms. The maximum Gasteiger partial charge on any atom is 0.352 e. The van der Waals surface area contributed by atoms with Gasteiger partial charge in [0, 0.05) is 23.2 Å². The van der Waals surface area contributed by atoms with Crippen LogP contribution >= 0.6 is 0 Å². The summed E-state index contributed by atoms with van der Waals surface area (Å²) in [6, 6.07) is 8.65. The lowest BCUT2D eigenvalue weighted by molar-refractivity contribution is -0.123. The minimum atomic E-state index is -0.422. The Kier molecular flexibility index (Phi) is 2.83. The molecule has 0 saturated heterocycles. The van der Waals surface area contributed by atoms with Gasteiger partial charge < -0.3 is 0 Å². The molecule has 0 radical (unpaired) electrons. The third-order valence-electron chi connectivity index (χ3n) is 8.16. The quantitative estimate of drug-likeness (QED) is 0.772. The van der Waals surface area contributed by atoms with Crippen molar-refractivity contribution >= 4 is 5.78 Å². The predicted octanol–water partition coefficient (Wildman–Crippen LogP) is 2.48. The highest BCUT2D eigenvalue weighted by atomic mass is 16.2. The summed E-state index contributed by atoms with van der Waals surface area (Å²) >= 11 is 0. The van der Waals surface area contributed by atoms with Gasteiger partial charge in [0.05, 0.1) is 17.8 Å². The fourth-order valence-electron chi connectivity index (χ4n) is 7.24. The number of rotatable bonds is 3. The van der Waals surface area contributed by atoms with Crippen LogP contribution in [-0.2, 0) is 4.79 Å². The van der Waals surface area contributed by atoms with E-state index in [-0.39, 0.29) is 40.7 Å². The summed E-state index contributed by atoms with van der Waals surface area (Å²) in [6.45, 7) is 4.23. The number of carbonyl (C=O) groups excluding carboxylic acids is 1. The van der Waals surface area contributed by atoms with Crippen LogP contribution in [0.5, 0.6) is 0 Å². The number of Topliss-reactive ketones (excluding diaryl/α,β-unsaturated/α-hetero) is 1. The number of hydrogen-bond acceptors (Lipinski definition) is 3. The molecular weight excluding hydrogens is 354 g/mol. The number of benzene rings is 1. The number of nitrogens with zero attached hydrogens (tertiary/aromatic N) is 3. The molecule has 6 nitrogen and oxygen atoms in total. The summed E-state index contributed by atoms with van der Waals surface area (Å²) in [5.74, 6) is 0.724. The maximum absolute atomic E-state index is 13.4. The van der Waals surface area contributed by atoms with Gasteiger partial charge in [0.2, 0.25) is 0 Å². The average Bonchev–Trinajstić information content (AvgIpc) is 3.13. The molecule has 28 heavy (non-hydrogen) atoms. The van der Waals surface area contributed by atoms with Crippen molar-refractivity contribution in [3.8, 4) is 5.69 Å². The third kappa shape index (κ3) is 1.43. The van der Waals surface area contributed by atoms with Gasteiger partial charge in [0.1, 0.15) is 5.78 Å². The molecule has 1 spiro atoms. The van der Waals surface area contributed by atoms with E-state index in [0.29, 0.717) is 17.9 Å². The van der Waals surface area contributed by atoms with E-state index in [9.17, 15) is 14.4 Å². The second kappa shape index (κ2) is 4.85. The summed E-state index contributed by atoms with van der Waals surface area (Å²) in [5.41, 5.74) is -0.647. The molecule has 1 aromatic carbocycles. The molecule has 7 rings (SSSR count). The average molecular weight is 377 g/mol. The molecule has 2 aromatic rings. The highest BCUT2D eigenvalue weighted by Crippen LogP contribution is 2.87. The lowest BCUT2D eigenvalue weighted by Crippen LogP contribution is -2.47. The lowest BCUT2D eigenvalue weighted by Gasteiger charge is -2.42. The number of aromatic nitrogens is 3. The van der Waals surface area contributed by atoms with Crippen molar-refractivity contribution in [2.24, 2.45) is 22.7 Å². The predicted molar refractivity (Wildman–Crippen MR) is 104 cm³/mol. The summed E-state index contributed by atoms with van der Waals surface area (Å²) < 4.78 is 4.55. The zero-order valence-electron chi connectivity index (χ0n) is 16.0. The molecule has 6 atom stereocenters. The first-order valence-corrected chi connectivity index (χ1v) is 10.2. The van der Waals surface area contributed by atoms with Gasteiger partial charge >= 0.3 is 11.4 Å². The minimum Gasteiger partial charge on any atom is -0.299 e. The van der Waals surface area contributed by atoms with Crippen LogP contribution in [0.25, 0.3) is 5.69 Å². The van der Waals surface area contributed by atoms with E-state index in [0.717, 1.165) is 12.8 Å². The number of ketones is 1. The van der Waals surface area contributed by atoms with Crippen LogP contribution in [0.3, 0.4) is 0 Å². The first-order chi connectivity index (χ1) is 13.5. The molecule has 3 unspecified atom stereocenters. The molecule has 3 aliphatic carbocycles. The Morgan fingerprint density at radius 3 is 2.46 bits per heavy atom. The van der Waals surface area contributed by atoms with Gasteiger partial charge in [-0.25, -0.2) is 23.5 Å². The van der Waals surface area contributed by atoms with Crippen molar-refractivity contribution in [2.45, 2.75) is 45.2 Å². The fraction of sp³-hybridized carbons (Fsp3) is 0.500. The highest BCUT2D eigenvalue weighted by molar-refractivity contribution is 5.94. The van der Waals surface area contributed by atoms with Crippen LogP contribution in [0.2, 0.25) is 0 Å². The molecule has 144 valence electrons. The standard InChI is InChI=1S/C22H23N3O3/c1-3-7-13-12-17(26)21(2)18-15-10-11-16(22(13,18)21)25-20(28)23(19(27)24(15)25)14-8-5-4-6-9-14/h4-6,8-11,13,15-16,18H,3,7,12H2,1-2H3/t13-,15?,16?,18-,21-,22?/m0/s1. The first-order valence-electron chi connectivity index (χ1n) is 10.2. The van der Waals surface area contributed by atoms with Crippen molar-refractivity contribution in [1.29, 1.82) is 0 Å². The topological polar surface area (TPSA) is 66.0 Å². The number of para-hydroxylation sites is 1. The van der Waals surface area contributed by atoms with E-state index >= 15 is 0 Å². The molecule has 2 fully saturated rings. The van der Waals surface area contributed by atoms with E-state index in [1.54, 1.807) is 21.5 Å². The van der Waals surface area contributed by atoms with Crippen molar-refractivity contribution in [2.75, 3.05) is 0 Å². The van der Waals surface area contributed by atoms with Crippen LogP contribution in [0.1, 0.15) is 45.2 Å². The Bertz CT molecular complexity index is 1170. The summed E-state index contributed by atoms with van der Waals surface area (Å²) in [7, 11) is 0. The molecule has 2 aliphatic heterocycles. The Morgan fingerprint density at radius 2 is 1.75 bits per heavy atom. The lowest BCUT2D eigenvalue weighted by atomic mass is 9.73. The van der Waals surface area contributed by atoms with Gasteiger partial charge in [-0.1, -0.05) is 50.6 Å². The van der Waals surface area contributed by atoms with Crippen molar-refractivity contribution < 1.29 is 4.79 Å². The first kappa shape index (κ1) is 16.3. The van der Waals surface area contributed by atoms with Gasteiger partial charge in [-0.3, -0.25) is 4.79 Å². The van der Waals surface area contributed by atoms with Gasteiger partial charge in [-0.05, 0) is 24.5 Å². The minimum absolute atomic E-state index is 0.122. The Labute approximate surface area is 162 Å². The van der Waals surface area contributed by atoms with Crippen LogP contribution in [0, 0.1) is 22.7 Å². The number of carbonyl (C=O) groups is 1. The Morgan fingerprint density at radius 1 is 1.04 bits per heavy atom. The van der Waals surface area contributed by atoms with Crippen molar-refractivity contribution in [3.05, 3.63) is 63.5 Å². The Balaban J connectivity index is 1.61. The SMILES string of the molecule is CCC[C@H]1CC(=O)[C@@]2(C)[C@@H]3C4C=CC(n5c(=O)n(-c6ccccc6)c(=O)n54)C132. The van der Waals surface area contributed by atoms with E-state index in [1.807, 2.05) is 18.2 Å². The molecule has 0 N–H and O–H groups in total. The van der Waals surface area contributed by atoms with E-state index in [2.05, 4.69) is 26.0 Å². The number of hydrogen-bond donors (Lipinski definition) is 0. The molecule has 0 amide bonds. The van der Waals surface area contributed by atoms with Crippen LogP contribution in [0.15, 0.2) is 52.1 Å². The van der Waals surface area contributed by atoms with Crippen LogP contribution in [0.4, 0.5) is 0 Å². The zero-order chi connectivity index (χ0) is 19.4. The van der Waals surface area contributed by atoms with Gasteiger partial charge in [-0.2, -0.15) is 0 Å². The van der Waals surface area contributed by atoms with E-state index in [4.69, 9.17) is 0 Å². The monoisotopic (exact) mass is 377 g/mol. The second-order valence-corrected chi connectivity index (χ2v) is 8.97. The van der Waals surface area contributed by atoms with E-state index < -0.39 is 5.41 Å². The molecule has 1 aromatic heterocycles. The van der Waals surface area contributed by atoms with Gasteiger partial charge in [-0.15, -0.1) is 0 Å². The van der Waals surface area contributed by atoms with Crippen molar-refractivity contribution in [3.63, 3.8) is 0 Å². The number of allylic oxidation sites excluding steroid dienone is 2. The van der Waals surface area contributed by atoms with E-state index in [1.165, 1.54) is 4.57 Å². The Hall–Kier alpha value is -2.63. The van der Waals surface area contributed by atoms with Crippen molar-refractivity contribution in [1.82, 2.24) is 13.9 Å². The summed E-state index contributed by atoms with van der Waals surface area (Å²) in [5, 5.41) is 0. The maximum atomic E-state index is 13.4. The largest absolute Gasteiger partial charge is 0.352 e. The molecular formula is C22H23N3O3. The zero-order valence-corrected chi connectivity index (χ0v) is 16.0. The fourth-order valence-corrected chi connectivity index (χ4v) is 7.24. The molecule has 5 aliphatic rings. The molecule has 2 bridgehead atoms. The molecule has 3 heterocycles. The third-order valence-corrected chi connectivity index (χ3v) is 8.16. The van der Waals surface area contributed by atoms with Gasteiger partial charge in [0.25, 0.3) is 0 Å². The second-order valence-electron chi connectivity index (χ2n) is 8.97. The van der Waals surface area contributed by atoms with Crippen LogP contribution in [-0.4, -0.2) is 19.7 Å². The van der Waals surface area contributed by atoms with Gasteiger partial charge in [0.15, 0.2) is 0 Å². The molecule has 2 saturated carbocycles.